The van der Waals surface area contributed by atoms with Gasteiger partial charge in [-0.15, -0.1) is 0 Å². The summed E-state index contributed by atoms with van der Waals surface area (Å²) < 4.78 is 49.0. The van der Waals surface area contributed by atoms with Gasteiger partial charge in [0, 0.05) is 11.6 Å². The van der Waals surface area contributed by atoms with Gasteiger partial charge in [-0.1, -0.05) is 25.3 Å². The number of amides is 1. The molecule has 0 N–H and O–H groups in total. The number of hydrogen-bond donors (Lipinski definition) is 0. The van der Waals surface area contributed by atoms with E-state index >= 15 is 0 Å². The highest BCUT2D eigenvalue weighted by atomic mass is 19.4. The zero-order valence-corrected chi connectivity index (χ0v) is 15.9. The molecule has 156 valence electrons. The number of alkyl halides is 3. The molecule has 3 rings (SSSR count). The van der Waals surface area contributed by atoms with Crippen molar-refractivity contribution in [3.63, 3.8) is 0 Å². The van der Waals surface area contributed by atoms with Crippen molar-refractivity contribution in [1.82, 2.24) is 9.88 Å². The van der Waals surface area contributed by atoms with Gasteiger partial charge in [0.2, 0.25) is 5.89 Å². The summed E-state index contributed by atoms with van der Waals surface area (Å²) in [7, 11) is 1.21. The maximum absolute atomic E-state index is 13.1. The van der Waals surface area contributed by atoms with Crippen LogP contribution in [0.4, 0.5) is 13.2 Å². The van der Waals surface area contributed by atoms with Crippen LogP contribution < -0.4 is 0 Å². The van der Waals surface area contributed by atoms with E-state index in [9.17, 15) is 22.8 Å². The minimum Gasteiger partial charge on any atom is -0.464 e. The van der Waals surface area contributed by atoms with E-state index in [1.54, 1.807) is 0 Å². The summed E-state index contributed by atoms with van der Waals surface area (Å²) in [6.07, 6.45) is 0.989. The Balaban J connectivity index is 1.88. The molecule has 1 aliphatic carbocycles. The van der Waals surface area contributed by atoms with Crippen molar-refractivity contribution in [2.75, 3.05) is 7.11 Å². The first kappa shape index (κ1) is 20.9. The van der Waals surface area contributed by atoms with Gasteiger partial charge in [0.15, 0.2) is 5.69 Å². The fourth-order valence-corrected chi connectivity index (χ4v) is 3.48. The lowest BCUT2D eigenvalue weighted by atomic mass is 9.93. The number of benzene rings is 1. The summed E-state index contributed by atoms with van der Waals surface area (Å²) in [6, 6.07) is 4.23. The lowest BCUT2D eigenvalue weighted by molar-refractivity contribution is -0.137. The van der Waals surface area contributed by atoms with E-state index in [1.165, 1.54) is 24.1 Å². The second-order valence-electron chi connectivity index (χ2n) is 6.92. The molecule has 29 heavy (non-hydrogen) atoms. The van der Waals surface area contributed by atoms with Crippen LogP contribution in [0.5, 0.6) is 0 Å². The highest BCUT2D eigenvalue weighted by Gasteiger charge is 2.33. The topological polar surface area (TPSA) is 72.6 Å². The van der Waals surface area contributed by atoms with Crippen LogP contribution >= 0.6 is 0 Å². The Hall–Kier alpha value is -2.84. The van der Waals surface area contributed by atoms with E-state index in [1.807, 2.05) is 0 Å². The number of halogens is 3. The zero-order chi connectivity index (χ0) is 21.0. The van der Waals surface area contributed by atoms with Crippen LogP contribution in [0.15, 0.2) is 34.9 Å². The second-order valence-corrected chi connectivity index (χ2v) is 6.92. The van der Waals surface area contributed by atoms with Crippen molar-refractivity contribution in [3.8, 4) is 0 Å². The van der Waals surface area contributed by atoms with Gasteiger partial charge in [-0.3, -0.25) is 4.79 Å². The fraction of sp³-hybridized carbons (Fsp3) is 0.450. The molecule has 1 saturated carbocycles. The number of hydrogen-bond acceptors (Lipinski definition) is 5. The van der Waals surface area contributed by atoms with E-state index in [-0.39, 0.29) is 29.7 Å². The van der Waals surface area contributed by atoms with Gasteiger partial charge in [-0.05, 0) is 31.0 Å². The molecule has 0 radical (unpaired) electrons. The van der Waals surface area contributed by atoms with E-state index in [0.29, 0.717) is 0 Å². The van der Waals surface area contributed by atoms with E-state index < -0.39 is 23.6 Å². The van der Waals surface area contributed by atoms with Gasteiger partial charge in [0.05, 0.1) is 19.2 Å². The van der Waals surface area contributed by atoms with Crippen molar-refractivity contribution in [2.24, 2.45) is 0 Å². The Morgan fingerprint density at radius 1 is 1.24 bits per heavy atom. The molecule has 1 aromatic carbocycles. The Morgan fingerprint density at radius 2 is 1.97 bits per heavy atom. The quantitative estimate of drug-likeness (QED) is 0.681. The fourth-order valence-electron chi connectivity index (χ4n) is 3.48. The van der Waals surface area contributed by atoms with Crippen molar-refractivity contribution < 1.29 is 31.9 Å². The Morgan fingerprint density at radius 3 is 2.62 bits per heavy atom. The molecule has 0 saturated heterocycles. The first-order valence-electron chi connectivity index (χ1n) is 9.30. The number of nitrogens with zero attached hydrogens (tertiary/aromatic N) is 2. The molecule has 9 heteroatoms. The number of rotatable bonds is 5. The molecule has 2 aromatic rings. The maximum atomic E-state index is 13.1. The molecule has 1 amide bonds. The third kappa shape index (κ3) is 4.96. The molecule has 0 unspecified atom stereocenters. The molecule has 1 aliphatic rings. The van der Waals surface area contributed by atoms with Gasteiger partial charge in [0.25, 0.3) is 5.91 Å². The molecule has 0 atom stereocenters. The van der Waals surface area contributed by atoms with Gasteiger partial charge in [-0.2, -0.15) is 13.2 Å². The summed E-state index contributed by atoms with van der Waals surface area (Å²) in [5, 5.41) is 0. The monoisotopic (exact) mass is 410 g/mol. The van der Waals surface area contributed by atoms with Gasteiger partial charge in [-0.25, -0.2) is 9.78 Å². The lowest BCUT2D eigenvalue weighted by Crippen LogP contribution is -2.41. The first-order valence-corrected chi connectivity index (χ1v) is 9.30. The highest BCUT2D eigenvalue weighted by molar-refractivity contribution is 5.94. The molecule has 1 heterocycles. The minimum absolute atomic E-state index is 0.0300. The Labute approximate surface area is 165 Å². The van der Waals surface area contributed by atoms with Crippen LogP contribution in [0.1, 0.15) is 64.4 Å². The lowest BCUT2D eigenvalue weighted by Gasteiger charge is -2.33. The summed E-state index contributed by atoms with van der Waals surface area (Å²) in [5.41, 5.74) is -0.959. The number of oxazole rings is 1. The SMILES string of the molecule is COC(=O)c1coc(CN(C(=O)c2cccc(C(F)(F)F)c2)C2CCCCC2)n1. The van der Waals surface area contributed by atoms with Gasteiger partial charge >= 0.3 is 12.1 Å². The maximum Gasteiger partial charge on any atom is 0.416 e. The largest absolute Gasteiger partial charge is 0.464 e. The zero-order valence-electron chi connectivity index (χ0n) is 15.9. The molecule has 0 spiro atoms. The van der Waals surface area contributed by atoms with Crippen molar-refractivity contribution in [1.29, 1.82) is 0 Å². The first-order chi connectivity index (χ1) is 13.8. The number of methoxy groups -OCH3 is 1. The number of esters is 1. The summed E-state index contributed by atoms with van der Waals surface area (Å²) in [6.45, 7) is -0.0449. The van der Waals surface area contributed by atoms with Crippen molar-refractivity contribution in [3.05, 3.63) is 53.2 Å². The summed E-state index contributed by atoms with van der Waals surface area (Å²) >= 11 is 0. The predicted molar refractivity (Wildman–Crippen MR) is 96.0 cm³/mol. The van der Waals surface area contributed by atoms with Crippen LogP contribution in [0.2, 0.25) is 0 Å². The molecule has 6 nitrogen and oxygen atoms in total. The van der Waals surface area contributed by atoms with E-state index in [4.69, 9.17) is 4.42 Å². The normalized spacial score (nSPS) is 15.2. The molecular formula is C20H21F3N2O4. The molecular weight excluding hydrogens is 389 g/mol. The van der Waals surface area contributed by atoms with Crippen LogP contribution in [-0.2, 0) is 17.5 Å². The average Bonchev–Trinajstić information content (AvgIpc) is 3.20. The number of carbonyl (C=O) groups excluding carboxylic acids is 2. The third-order valence-electron chi connectivity index (χ3n) is 4.97. The van der Waals surface area contributed by atoms with Gasteiger partial charge < -0.3 is 14.1 Å². The van der Waals surface area contributed by atoms with Crippen molar-refractivity contribution >= 4 is 11.9 Å². The molecule has 1 aromatic heterocycles. The van der Waals surface area contributed by atoms with Gasteiger partial charge in [0.1, 0.15) is 6.26 Å². The average molecular weight is 410 g/mol. The van der Waals surface area contributed by atoms with Crippen LogP contribution in [0, 0.1) is 0 Å². The Kier molecular flexibility index (Phi) is 6.24. The van der Waals surface area contributed by atoms with Crippen molar-refractivity contribution in [2.45, 2.75) is 50.9 Å². The number of aromatic nitrogens is 1. The molecule has 0 bridgehead atoms. The molecule has 0 aliphatic heterocycles. The number of carbonyl (C=O) groups is 2. The number of ether oxygens (including phenoxy) is 1. The minimum atomic E-state index is -4.54. The van der Waals surface area contributed by atoms with Crippen LogP contribution in [-0.4, -0.2) is 34.9 Å². The smallest absolute Gasteiger partial charge is 0.416 e. The predicted octanol–water partition coefficient (Wildman–Crippen LogP) is 4.46. The second kappa shape index (κ2) is 8.67. The van der Waals surface area contributed by atoms with E-state index in [2.05, 4.69) is 9.72 Å². The summed E-state index contributed by atoms with van der Waals surface area (Å²) in [5.74, 6) is -1.08. The summed E-state index contributed by atoms with van der Waals surface area (Å²) in [4.78, 5) is 30.2. The third-order valence-corrected chi connectivity index (χ3v) is 4.97. The molecule has 1 fully saturated rings. The van der Waals surface area contributed by atoms with E-state index in [0.717, 1.165) is 50.5 Å². The standard InChI is InChI=1S/C20H21F3N2O4/c1-28-19(27)16-12-29-17(24-16)11-25(15-8-3-2-4-9-15)18(26)13-6-5-7-14(10-13)20(21,22)23/h5-7,10,12,15H,2-4,8-9,11H2,1H3. The van der Waals surface area contributed by atoms with Crippen LogP contribution in [0.25, 0.3) is 0 Å². The Bertz CT molecular complexity index is 873. The van der Waals surface area contributed by atoms with Crippen LogP contribution in [0.3, 0.4) is 0 Å². The highest BCUT2D eigenvalue weighted by Crippen LogP contribution is 2.31.